The molecule has 150 valence electrons. The van der Waals surface area contributed by atoms with E-state index in [2.05, 4.69) is 10.6 Å². The van der Waals surface area contributed by atoms with Crippen LogP contribution in [0.2, 0.25) is 0 Å². The quantitative estimate of drug-likeness (QED) is 0.656. The Morgan fingerprint density at radius 1 is 0.857 bits per heavy atom. The number of hydrogen-bond donors (Lipinski definition) is 2. The van der Waals surface area contributed by atoms with Gasteiger partial charge in [0.1, 0.15) is 5.82 Å². The van der Waals surface area contributed by atoms with Gasteiger partial charge in [-0.3, -0.25) is 9.59 Å². The lowest BCUT2D eigenvalue weighted by atomic mass is 10.1. The van der Waals surface area contributed by atoms with Crippen molar-refractivity contribution in [2.45, 2.75) is 25.8 Å². The molecular weight excluding hydrogens is 363 g/mol. The third-order valence-electron chi connectivity index (χ3n) is 4.17. The number of nitrogens with one attached hydrogen (secondary N) is 2. The van der Waals surface area contributed by atoms with Gasteiger partial charge >= 0.3 is 0 Å². The van der Waals surface area contributed by atoms with Crippen LogP contribution in [0, 0.1) is 5.82 Å². The van der Waals surface area contributed by atoms with E-state index in [1.54, 1.807) is 26.4 Å². The summed E-state index contributed by atoms with van der Waals surface area (Å²) in [5.74, 6) is 0.572. The average Bonchev–Trinajstić information content (AvgIpc) is 2.71. The molecule has 0 aliphatic rings. The van der Waals surface area contributed by atoms with Crippen molar-refractivity contribution >= 4 is 11.8 Å². The second kappa shape index (κ2) is 10.9. The molecule has 28 heavy (non-hydrogen) atoms. The van der Waals surface area contributed by atoms with Gasteiger partial charge in [0.05, 0.1) is 14.2 Å². The summed E-state index contributed by atoms with van der Waals surface area (Å²) in [6, 6.07) is 11.5. The normalized spacial score (nSPS) is 10.2. The van der Waals surface area contributed by atoms with Crippen molar-refractivity contribution in [2.24, 2.45) is 0 Å². The molecule has 0 heterocycles. The molecule has 0 saturated carbocycles. The van der Waals surface area contributed by atoms with Gasteiger partial charge in [-0.25, -0.2) is 4.39 Å². The molecule has 0 saturated heterocycles. The van der Waals surface area contributed by atoms with Gasteiger partial charge in [0, 0.05) is 25.9 Å². The Morgan fingerprint density at radius 3 is 2.11 bits per heavy atom. The van der Waals surface area contributed by atoms with Gasteiger partial charge in [-0.1, -0.05) is 18.2 Å². The molecule has 7 heteroatoms. The van der Waals surface area contributed by atoms with Crippen LogP contribution in [-0.2, 0) is 22.6 Å². The van der Waals surface area contributed by atoms with Crippen molar-refractivity contribution in [3.8, 4) is 11.5 Å². The van der Waals surface area contributed by atoms with Crippen LogP contribution in [0.1, 0.15) is 24.0 Å². The molecule has 2 aromatic carbocycles. The zero-order chi connectivity index (χ0) is 20.4. The highest BCUT2D eigenvalue weighted by atomic mass is 19.1. The molecule has 2 aromatic rings. The lowest BCUT2D eigenvalue weighted by Crippen LogP contribution is -2.28. The maximum Gasteiger partial charge on any atom is 0.220 e. The van der Waals surface area contributed by atoms with Crippen LogP contribution < -0.4 is 20.1 Å². The predicted octanol–water partition coefficient (Wildman–Crippen LogP) is 2.60. The Balaban J connectivity index is 1.65. The van der Waals surface area contributed by atoms with Gasteiger partial charge in [0.2, 0.25) is 11.8 Å². The first-order chi connectivity index (χ1) is 13.5. The Labute approximate surface area is 164 Å². The molecule has 2 rings (SSSR count). The molecule has 0 fully saturated rings. The molecule has 0 radical (unpaired) electrons. The smallest absolute Gasteiger partial charge is 0.220 e. The highest BCUT2D eigenvalue weighted by molar-refractivity contribution is 5.83. The molecule has 2 amide bonds. The number of ether oxygens (including phenoxy) is 2. The van der Waals surface area contributed by atoms with Crippen molar-refractivity contribution in [1.29, 1.82) is 0 Å². The third-order valence-corrected chi connectivity index (χ3v) is 4.17. The minimum absolute atomic E-state index is 0.101. The molecule has 0 atom stereocenters. The Kier molecular flexibility index (Phi) is 8.27. The topological polar surface area (TPSA) is 76.7 Å². The van der Waals surface area contributed by atoms with Gasteiger partial charge < -0.3 is 20.1 Å². The van der Waals surface area contributed by atoms with Gasteiger partial charge in [-0.2, -0.15) is 0 Å². The first-order valence-electron chi connectivity index (χ1n) is 9.00. The fourth-order valence-electron chi connectivity index (χ4n) is 2.59. The number of hydrogen-bond acceptors (Lipinski definition) is 4. The first-order valence-corrected chi connectivity index (χ1v) is 9.00. The number of halogens is 1. The van der Waals surface area contributed by atoms with E-state index in [1.165, 1.54) is 12.1 Å². The van der Waals surface area contributed by atoms with E-state index in [0.717, 1.165) is 11.1 Å². The number of methoxy groups -OCH3 is 2. The molecule has 6 nitrogen and oxygen atoms in total. The van der Waals surface area contributed by atoms with Crippen molar-refractivity contribution in [1.82, 2.24) is 10.6 Å². The van der Waals surface area contributed by atoms with Crippen molar-refractivity contribution in [3.05, 3.63) is 59.4 Å². The summed E-state index contributed by atoms with van der Waals surface area (Å²) in [5, 5.41) is 5.51. The molecule has 0 bridgehead atoms. The van der Waals surface area contributed by atoms with E-state index in [4.69, 9.17) is 9.47 Å². The van der Waals surface area contributed by atoms with E-state index < -0.39 is 0 Å². The van der Waals surface area contributed by atoms with Gasteiger partial charge in [-0.05, 0) is 41.8 Å². The summed E-state index contributed by atoms with van der Waals surface area (Å²) in [4.78, 5) is 23.7. The summed E-state index contributed by atoms with van der Waals surface area (Å²) in [6.45, 7) is 0.769. The first kappa shape index (κ1) is 21.2. The number of benzene rings is 2. The van der Waals surface area contributed by atoms with Gasteiger partial charge in [0.25, 0.3) is 0 Å². The highest BCUT2D eigenvalue weighted by Crippen LogP contribution is 2.27. The molecule has 0 unspecified atom stereocenters. The number of carbonyl (C=O) groups excluding carboxylic acids is 2. The molecule has 0 spiro atoms. The van der Waals surface area contributed by atoms with Crippen LogP contribution in [0.4, 0.5) is 4.39 Å². The SMILES string of the molecule is COc1ccc(CCNC(=O)CCC(=O)NCc2ccc(F)cc2)cc1OC. The van der Waals surface area contributed by atoms with Crippen LogP contribution in [0.3, 0.4) is 0 Å². The van der Waals surface area contributed by atoms with E-state index in [1.807, 2.05) is 18.2 Å². The second-order valence-corrected chi connectivity index (χ2v) is 6.19. The zero-order valence-corrected chi connectivity index (χ0v) is 16.1. The fraction of sp³-hybridized carbons (Fsp3) is 0.333. The van der Waals surface area contributed by atoms with Crippen molar-refractivity contribution in [2.75, 3.05) is 20.8 Å². The van der Waals surface area contributed by atoms with Crippen molar-refractivity contribution in [3.63, 3.8) is 0 Å². The Hall–Kier alpha value is -3.09. The summed E-state index contributed by atoms with van der Waals surface area (Å²) < 4.78 is 23.3. The van der Waals surface area contributed by atoms with Crippen LogP contribution in [0.15, 0.2) is 42.5 Å². The van der Waals surface area contributed by atoms with Crippen LogP contribution in [0.25, 0.3) is 0 Å². The molecule has 0 aliphatic heterocycles. The van der Waals surface area contributed by atoms with Gasteiger partial charge in [-0.15, -0.1) is 0 Å². The number of amides is 2. The van der Waals surface area contributed by atoms with Gasteiger partial charge in [0.15, 0.2) is 11.5 Å². The van der Waals surface area contributed by atoms with Crippen LogP contribution in [0.5, 0.6) is 11.5 Å². The lowest BCUT2D eigenvalue weighted by molar-refractivity contribution is -0.126. The largest absolute Gasteiger partial charge is 0.493 e. The van der Waals surface area contributed by atoms with E-state index in [0.29, 0.717) is 31.0 Å². The van der Waals surface area contributed by atoms with Crippen molar-refractivity contribution < 1.29 is 23.5 Å². The van der Waals surface area contributed by atoms with E-state index in [-0.39, 0.29) is 30.5 Å². The molecular formula is C21H25FN2O4. The van der Waals surface area contributed by atoms with E-state index >= 15 is 0 Å². The lowest BCUT2D eigenvalue weighted by Gasteiger charge is -2.10. The monoisotopic (exact) mass is 388 g/mol. The predicted molar refractivity (Wildman–Crippen MR) is 104 cm³/mol. The summed E-state index contributed by atoms with van der Waals surface area (Å²) in [5.41, 5.74) is 1.81. The molecule has 2 N–H and O–H groups in total. The minimum Gasteiger partial charge on any atom is -0.493 e. The highest BCUT2D eigenvalue weighted by Gasteiger charge is 2.08. The van der Waals surface area contributed by atoms with Crippen LogP contribution in [-0.4, -0.2) is 32.6 Å². The fourth-order valence-corrected chi connectivity index (χ4v) is 2.59. The zero-order valence-electron chi connectivity index (χ0n) is 16.1. The Morgan fingerprint density at radius 2 is 1.46 bits per heavy atom. The Bertz CT molecular complexity index is 793. The summed E-state index contributed by atoms with van der Waals surface area (Å²) >= 11 is 0. The second-order valence-electron chi connectivity index (χ2n) is 6.19. The summed E-state index contributed by atoms with van der Waals surface area (Å²) in [6.07, 6.45) is 0.855. The maximum atomic E-state index is 12.8. The average molecular weight is 388 g/mol. The van der Waals surface area contributed by atoms with Crippen LogP contribution >= 0.6 is 0 Å². The van der Waals surface area contributed by atoms with E-state index in [9.17, 15) is 14.0 Å². The number of carbonyl (C=O) groups is 2. The third kappa shape index (κ3) is 6.90. The number of rotatable bonds is 10. The summed E-state index contributed by atoms with van der Waals surface area (Å²) in [7, 11) is 3.15. The maximum absolute atomic E-state index is 12.8. The molecule has 0 aliphatic carbocycles. The molecule has 0 aromatic heterocycles. The minimum atomic E-state index is -0.320. The standard InChI is InChI=1S/C21H25FN2O4/c1-27-18-8-5-15(13-19(18)28-2)11-12-23-20(25)9-10-21(26)24-14-16-3-6-17(22)7-4-16/h3-8,13H,9-12,14H2,1-2H3,(H,23,25)(H,24,26).